The summed E-state index contributed by atoms with van der Waals surface area (Å²) in [5.74, 6) is -3.36. The van der Waals surface area contributed by atoms with Gasteiger partial charge in [0, 0.05) is 12.4 Å². The highest BCUT2D eigenvalue weighted by atomic mass is 32.2. The standard InChI is InChI=1S/C26H24N4O4.C18H14F3N3O7S/c1-2-33-26(32)22-23(29-21-13-12-18-10-6-7-11-19(18)21)20-14-27-16-28-24(20)30(25(22)31)34-15-17-8-4-3-5-9-17;1-2-29-17(26)13-14(31-32(27,28)18(19,20)21)12-8-22-10-23-15(12)24(16(13)25)30-9-11-6-4-3-5-7-11/h3-11,14,16,21,29H,2,12-13,15H2,1H3;3-8,10H,2,9H2,1H3. The number of nitrogens with zero attached hydrogens (tertiary/aromatic N) is 6. The Morgan fingerprint density at radius 1 is 0.727 bits per heavy atom. The van der Waals surface area contributed by atoms with Gasteiger partial charge in [0.15, 0.2) is 28.2 Å². The normalized spacial score (nSPS) is 13.3. The van der Waals surface area contributed by atoms with E-state index in [2.05, 4.69) is 41.6 Å². The number of hydrogen-bond acceptors (Lipinski definition) is 16. The number of rotatable bonds is 14. The number of halogens is 3. The van der Waals surface area contributed by atoms with E-state index in [0.29, 0.717) is 21.4 Å². The molecule has 0 radical (unpaired) electrons. The van der Waals surface area contributed by atoms with Gasteiger partial charge in [0.1, 0.15) is 25.9 Å². The van der Waals surface area contributed by atoms with Crippen molar-refractivity contribution in [2.45, 2.75) is 51.5 Å². The van der Waals surface area contributed by atoms with Crippen molar-refractivity contribution in [2.75, 3.05) is 18.5 Å². The van der Waals surface area contributed by atoms with E-state index in [4.69, 9.17) is 19.1 Å². The monoisotopic (exact) mass is 929 g/mol. The molecule has 18 nitrogen and oxygen atoms in total. The van der Waals surface area contributed by atoms with Crippen molar-refractivity contribution in [2.24, 2.45) is 0 Å². The van der Waals surface area contributed by atoms with Gasteiger partial charge in [0.25, 0.3) is 0 Å². The van der Waals surface area contributed by atoms with Gasteiger partial charge in [-0.2, -0.15) is 21.6 Å². The van der Waals surface area contributed by atoms with Crippen LogP contribution in [-0.2, 0) is 39.2 Å². The number of hydrogen-bond donors (Lipinski definition) is 1. The minimum atomic E-state index is -6.25. The number of ether oxygens (including phenoxy) is 2. The molecule has 66 heavy (non-hydrogen) atoms. The Morgan fingerprint density at radius 2 is 1.23 bits per heavy atom. The maximum Gasteiger partial charge on any atom is 0.534 e. The predicted molar refractivity (Wildman–Crippen MR) is 230 cm³/mol. The quantitative estimate of drug-likeness (QED) is 0.0805. The molecule has 0 aliphatic heterocycles. The van der Waals surface area contributed by atoms with Crippen LogP contribution in [-0.4, -0.2) is 68.5 Å². The Morgan fingerprint density at radius 3 is 1.79 bits per heavy atom. The molecule has 1 N–H and O–H groups in total. The van der Waals surface area contributed by atoms with Gasteiger partial charge in [0.05, 0.1) is 35.7 Å². The number of carbonyl (C=O) groups excluding carboxylic acids is 2. The number of benzene rings is 3. The summed E-state index contributed by atoms with van der Waals surface area (Å²) in [6, 6.07) is 26.0. The summed E-state index contributed by atoms with van der Waals surface area (Å²) in [4.78, 5) is 79.2. The summed E-state index contributed by atoms with van der Waals surface area (Å²) in [5, 5.41) is 3.44. The summed E-state index contributed by atoms with van der Waals surface area (Å²) in [6.07, 6.45) is 6.49. The fraction of sp³-hybridized carbons (Fsp3) is 0.227. The van der Waals surface area contributed by atoms with Crippen LogP contribution < -0.4 is 30.3 Å². The molecule has 8 rings (SSSR count). The molecular formula is C44H38F3N7O11S. The molecular weight excluding hydrogens is 892 g/mol. The van der Waals surface area contributed by atoms with E-state index in [9.17, 15) is 40.8 Å². The molecule has 0 bridgehead atoms. The first kappa shape index (κ1) is 46.1. The van der Waals surface area contributed by atoms with Gasteiger partial charge >= 0.3 is 38.7 Å². The van der Waals surface area contributed by atoms with Crippen LogP contribution >= 0.6 is 0 Å². The summed E-state index contributed by atoms with van der Waals surface area (Å²) < 4.78 is 77.7. The average Bonchev–Trinajstić information content (AvgIpc) is 3.72. The number of alkyl halides is 3. The molecule has 1 aliphatic carbocycles. The largest absolute Gasteiger partial charge is 0.534 e. The highest BCUT2D eigenvalue weighted by Crippen LogP contribution is 2.37. The number of esters is 2. The minimum absolute atomic E-state index is 0.0618. The van der Waals surface area contributed by atoms with E-state index in [-0.39, 0.29) is 43.7 Å². The Kier molecular flexibility index (Phi) is 13.9. The maximum absolute atomic E-state index is 13.6. The Hall–Kier alpha value is -7.88. The molecule has 0 fully saturated rings. The minimum Gasteiger partial charge on any atom is -0.462 e. The number of fused-ring (bicyclic) bond motifs is 3. The fourth-order valence-electron chi connectivity index (χ4n) is 6.89. The lowest BCUT2D eigenvalue weighted by molar-refractivity contribution is -0.0500. The first-order chi connectivity index (χ1) is 31.7. The molecule has 0 saturated heterocycles. The van der Waals surface area contributed by atoms with Crippen molar-refractivity contribution in [3.63, 3.8) is 0 Å². The predicted octanol–water partition coefficient (Wildman–Crippen LogP) is 5.52. The highest BCUT2D eigenvalue weighted by Gasteiger charge is 2.49. The fourth-order valence-corrected chi connectivity index (χ4v) is 7.38. The van der Waals surface area contributed by atoms with Crippen LogP contribution in [0.5, 0.6) is 5.75 Å². The summed E-state index contributed by atoms with van der Waals surface area (Å²) in [6.45, 7) is 2.89. The molecule has 0 spiro atoms. The number of anilines is 1. The Labute approximate surface area is 372 Å². The van der Waals surface area contributed by atoms with Crippen LogP contribution in [0, 0.1) is 0 Å². The summed E-state index contributed by atoms with van der Waals surface area (Å²) in [7, 11) is -6.25. The number of aromatic nitrogens is 6. The van der Waals surface area contributed by atoms with Gasteiger partial charge in [-0.1, -0.05) is 84.9 Å². The van der Waals surface area contributed by atoms with Crippen LogP contribution in [0.4, 0.5) is 18.9 Å². The topological polar surface area (TPSA) is 222 Å². The first-order valence-electron chi connectivity index (χ1n) is 20.0. The third-order valence-electron chi connectivity index (χ3n) is 9.85. The first-order valence-corrected chi connectivity index (χ1v) is 21.5. The van der Waals surface area contributed by atoms with Crippen LogP contribution in [0.1, 0.15) is 69.3 Å². The van der Waals surface area contributed by atoms with E-state index in [1.807, 2.05) is 42.5 Å². The zero-order valence-corrected chi connectivity index (χ0v) is 35.7. The molecule has 7 aromatic rings. The molecule has 4 heterocycles. The molecule has 1 unspecified atom stereocenters. The number of aryl methyl sites for hydroxylation is 1. The van der Waals surface area contributed by atoms with Crippen LogP contribution in [0.25, 0.3) is 22.1 Å². The number of nitrogens with one attached hydrogen (secondary N) is 1. The third kappa shape index (κ3) is 9.77. The molecule has 0 saturated carbocycles. The molecule has 0 amide bonds. The van der Waals surface area contributed by atoms with E-state index in [1.54, 1.807) is 43.5 Å². The van der Waals surface area contributed by atoms with Crippen molar-refractivity contribution in [3.8, 4) is 5.75 Å². The van der Waals surface area contributed by atoms with Gasteiger partial charge in [-0.3, -0.25) is 9.59 Å². The maximum atomic E-state index is 13.6. The highest BCUT2D eigenvalue weighted by molar-refractivity contribution is 7.88. The van der Waals surface area contributed by atoms with Gasteiger partial charge in [-0.15, -0.1) is 9.46 Å². The zero-order valence-electron chi connectivity index (χ0n) is 34.9. The van der Waals surface area contributed by atoms with Crippen molar-refractivity contribution >= 4 is 49.8 Å². The van der Waals surface area contributed by atoms with Crippen LogP contribution in [0.2, 0.25) is 0 Å². The number of carbonyl (C=O) groups is 2. The lowest BCUT2D eigenvalue weighted by Crippen LogP contribution is -2.35. The zero-order chi connectivity index (χ0) is 47.0. The third-order valence-corrected chi connectivity index (χ3v) is 10.8. The average molecular weight is 930 g/mol. The van der Waals surface area contributed by atoms with Crippen molar-refractivity contribution in [1.82, 2.24) is 29.4 Å². The van der Waals surface area contributed by atoms with Crippen molar-refractivity contribution < 1.29 is 54.5 Å². The Balaban J connectivity index is 0.000000197. The van der Waals surface area contributed by atoms with E-state index >= 15 is 0 Å². The van der Waals surface area contributed by atoms with Crippen LogP contribution in [0.3, 0.4) is 0 Å². The van der Waals surface area contributed by atoms with E-state index < -0.39 is 61.0 Å². The summed E-state index contributed by atoms with van der Waals surface area (Å²) >= 11 is 0. The molecule has 342 valence electrons. The van der Waals surface area contributed by atoms with Gasteiger partial charge < -0.3 is 28.6 Å². The second kappa shape index (κ2) is 19.9. The van der Waals surface area contributed by atoms with Crippen molar-refractivity contribution in [3.05, 3.63) is 164 Å². The van der Waals surface area contributed by atoms with Crippen molar-refractivity contribution in [1.29, 1.82) is 0 Å². The lowest BCUT2D eigenvalue weighted by atomic mass is 10.1. The van der Waals surface area contributed by atoms with Gasteiger partial charge in [-0.25, -0.2) is 29.5 Å². The van der Waals surface area contributed by atoms with Crippen LogP contribution in [0.15, 0.2) is 120 Å². The Bertz CT molecular complexity index is 3140. The molecule has 4 aromatic heterocycles. The lowest BCUT2D eigenvalue weighted by Gasteiger charge is -2.21. The molecule has 22 heteroatoms. The second-order valence-corrected chi connectivity index (χ2v) is 15.6. The van der Waals surface area contributed by atoms with Gasteiger partial charge in [-0.05, 0) is 48.9 Å². The molecule has 1 atom stereocenters. The SMILES string of the molecule is CCOC(=O)c1c(NC2CCc3ccccc32)c2cncnc2n(OCc2ccccc2)c1=O.CCOC(=O)c1c(OS(=O)(=O)C(F)(F)F)c2cncnc2n(OCc2ccccc2)c1=O. The molecule has 3 aromatic carbocycles. The second-order valence-electron chi connectivity index (χ2n) is 14.0. The summed E-state index contributed by atoms with van der Waals surface area (Å²) in [5.41, 5.74) is -4.97. The smallest absolute Gasteiger partial charge is 0.462 e. The van der Waals surface area contributed by atoms with Gasteiger partial charge in [0.2, 0.25) is 0 Å². The van der Waals surface area contributed by atoms with E-state index in [0.717, 1.165) is 41.2 Å². The molecule has 1 aliphatic rings. The van der Waals surface area contributed by atoms with E-state index in [1.165, 1.54) is 18.8 Å². The number of pyridine rings is 2.